The van der Waals surface area contributed by atoms with Crippen molar-refractivity contribution in [2.45, 2.75) is 6.17 Å². The van der Waals surface area contributed by atoms with Crippen LogP contribution in [-0.4, -0.2) is 39.1 Å². The van der Waals surface area contributed by atoms with Gasteiger partial charge in [-0.2, -0.15) is 0 Å². The molecule has 172 valence electrons. The van der Waals surface area contributed by atoms with E-state index in [9.17, 15) is 24.0 Å². The fraction of sp³-hybridized carbons (Fsp3) is 0.0800. The molecule has 0 spiro atoms. The van der Waals surface area contributed by atoms with Crippen LogP contribution in [0.4, 0.5) is 11.4 Å². The molecule has 10 nitrogen and oxygen atoms in total. The molecule has 0 radical (unpaired) electrons. The lowest BCUT2D eigenvalue weighted by atomic mass is 10.0. The van der Waals surface area contributed by atoms with Crippen LogP contribution in [0.1, 0.15) is 32.4 Å². The topological polar surface area (TPSA) is 135 Å². The first-order valence-corrected chi connectivity index (χ1v) is 10.8. The van der Waals surface area contributed by atoms with Crippen LogP contribution in [0, 0.1) is 0 Å². The molecule has 3 N–H and O–H groups in total. The second-order valence-corrected chi connectivity index (χ2v) is 8.30. The predicted molar refractivity (Wildman–Crippen MR) is 127 cm³/mol. The van der Waals surface area contributed by atoms with E-state index in [4.69, 9.17) is 0 Å². The van der Waals surface area contributed by atoms with E-state index in [2.05, 4.69) is 15.3 Å². The normalized spacial score (nSPS) is 16.2. The number of para-hydroxylation sites is 1. The molecule has 1 aromatic heterocycles. The molecule has 1 atom stereocenters. The Bertz CT molecular complexity index is 1690. The molecule has 3 heterocycles. The maximum absolute atomic E-state index is 13.4. The van der Waals surface area contributed by atoms with Crippen molar-refractivity contribution in [2.24, 2.45) is 0 Å². The largest absolute Gasteiger partial charge is 0.324 e. The van der Waals surface area contributed by atoms with Gasteiger partial charge in [-0.1, -0.05) is 30.3 Å². The lowest BCUT2D eigenvalue weighted by Gasteiger charge is -2.40. The van der Waals surface area contributed by atoms with Gasteiger partial charge in [0.1, 0.15) is 12.7 Å². The molecule has 0 aliphatic carbocycles. The molecule has 10 heteroatoms. The zero-order valence-electron chi connectivity index (χ0n) is 18.1. The molecule has 4 aromatic rings. The Kier molecular flexibility index (Phi) is 4.43. The van der Waals surface area contributed by atoms with Crippen molar-refractivity contribution >= 4 is 40.1 Å². The average molecular weight is 467 g/mol. The van der Waals surface area contributed by atoms with E-state index in [0.717, 1.165) is 0 Å². The Morgan fingerprint density at radius 1 is 0.800 bits per heavy atom. The molecule has 0 fully saturated rings. The summed E-state index contributed by atoms with van der Waals surface area (Å²) in [5.74, 6) is -1.08. The predicted octanol–water partition coefficient (Wildman–Crippen LogP) is 1.97. The summed E-state index contributed by atoms with van der Waals surface area (Å²) < 4.78 is 0. The Balaban J connectivity index is 1.34. The first-order chi connectivity index (χ1) is 16.9. The van der Waals surface area contributed by atoms with Crippen LogP contribution in [0.15, 0.2) is 76.3 Å². The van der Waals surface area contributed by atoms with Crippen LogP contribution in [-0.2, 0) is 4.79 Å². The lowest BCUT2D eigenvalue weighted by molar-refractivity contribution is -0.117. The Morgan fingerprint density at radius 2 is 1.49 bits per heavy atom. The highest BCUT2D eigenvalue weighted by molar-refractivity contribution is 6.17. The highest BCUT2D eigenvalue weighted by atomic mass is 16.2. The minimum Gasteiger partial charge on any atom is -0.324 e. The Hall–Kier alpha value is -4.99. The van der Waals surface area contributed by atoms with Gasteiger partial charge in [-0.15, -0.1) is 0 Å². The van der Waals surface area contributed by atoms with Crippen molar-refractivity contribution in [1.82, 2.24) is 14.9 Å². The molecule has 2 aliphatic heterocycles. The average Bonchev–Trinajstić information content (AvgIpc) is 3.15. The lowest BCUT2D eigenvalue weighted by Crippen LogP contribution is -2.50. The number of carbonyl (C=O) groups excluding carboxylic acids is 3. The SMILES string of the molecule is O=C(CN1C(=O)c2ccccc2N2C(=O)c3ccccc3[C@H]12)Nc1ccc2[nH]c(=O)c(=O)[nH]c2c1. The molecule has 0 bridgehead atoms. The summed E-state index contributed by atoms with van der Waals surface area (Å²) in [5, 5.41) is 2.72. The summed E-state index contributed by atoms with van der Waals surface area (Å²) in [6.07, 6.45) is -0.745. The van der Waals surface area contributed by atoms with Crippen molar-refractivity contribution in [3.63, 3.8) is 0 Å². The molecular weight excluding hydrogens is 450 g/mol. The number of nitrogens with one attached hydrogen (secondary N) is 3. The molecule has 6 rings (SSSR count). The summed E-state index contributed by atoms with van der Waals surface area (Å²) in [7, 11) is 0. The summed E-state index contributed by atoms with van der Waals surface area (Å²) in [4.78, 5) is 70.7. The standard InChI is InChI=1S/C25H17N5O5/c31-20(26-13-9-10-17-18(11-13)28-22(33)21(32)27-17)12-29-23-14-5-1-2-6-15(14)25(35)30(23)19-8-4-3-7-16(19)24(29)34/h1-11,23H,12H2,(H,26,31)(H,27,32)(H,28,33)/t23-/m1/s1. The maximum atomic E-state index is 13.4. The van der Waals surface area contributed by atoms with Gasteiger partial charge in [-0.05, 0) is 36.4 Å². The highest BCUT2D eigenvalue weighted by Gasteiger charge is 2.48. The van der Waals surface area contributed by atoms with E-state index >= 15 is 0 Å². The van der Waals surface area contributed by atoms with Crippen LogP contribution >= 0.6 is 0 Å². The molecular formula is C25H17N5O5. The number of nitrogens with zero attached hydrogens (tertiary/aromatic N) is 2. The summed E-state index contributed by atoms with van der Waals surface area (Å²) >= 11 is 0. The second kappa shape index (κ2) is 7.52. The summed E-state index contributed by atoms with van der Waals surface area (Å²) in [6.45, 7) is -0.309. The van der Waals surface area contributed by atoms with Crippen molar-refractivity contribution in [2.75, 3.05) is 16.8 Å². The molecule has 0 unspecified atom stereocenters. The van der Waals surface area contributed by atoms with Crippen molar-refractivity contribution in [1.29, 1.82) is 0 Å². The quantitative estimate of drug-likeness (QED) is 0.396. The van der Waals surface area contributed by atoms with Gasteiger partial charge >= 0.3 is 11.1 Å². The van der Waals surface area contributed by atoms with Gasteiger partial charge in [0.15, 0.2) is 0 Å². The number of hydrogen-bond acceptors (Lipinski definition) is 5. The molecule has 3 amide bonds. The van der Waals surface area contributed by atoms with Crippen molar-refractivity contribution in [3.05, 3.63) is 104 Å². The number of benzene rings is 3. The zero-order chi connectivity index (χ0) is 24.3. The smallest absolute Gasteiger partial charge is 0.314 e. The number of fused-ring (bicyclic) bond motifs is 6. The molecule has 3 aromatic carbocycles. The monoisotopic (exact) mass is 467 g/mol. The number of hydrogen-bond donors (Lipinski definition) is 3. The first kappa shape index (κ1) is 20.6. The van der Waals surface area contributed by atoms with E-state index in [1.807, 2.05) is 0 Å². The van der Waals surface area contributed by atoms with Crippen molar-refractivity contribution < 1.29 is 14.4 Å². The van der Waals surface area contributed by atoms with Gasteiger partial charge in [0.2, 0.25) is 5.91 Å². The van der Waals surface area contributed by atoms with Gasteiger partial charge in [0, 0.05) is 16.8 Å². The van der Waals surface area contributed by atoms with Crippen molar-refractivity contribution in [3.8, 4) is 0 Å². The van der Waals surface area contributed by atoms with E-state index in [-0.39, 0.29) is 18.4 Å². The number of aromatic nitrogens is 2. The van der Waals surface area contributed by atoms with Crippen LogP contribution in [0.3, 0.4) is 0 Å². The van der Waals surface area contributed by atoms with E-state index in [1.54, 1.807) is 65.6 Å². The van der Waals surface area contributed by atoms with E-state index in [0.29, 0.717) is 39.1 Å². The van der Waals surface area contributed by atoms with Gasteiger partial charge in [0.05, 0.1) is 22.3 Å². The zero-order valence-corrected chi connectivity index (χ0v) is 18.1. The Morgan fingerprint density at radius 3 is 2.29 bits per heavy atom. The molecule has 0 saturated heterocycles. The molecule has 0 saturated carbocycles. The second-order valence-electron chi connectivity index (χ2n) is 8.30. The number of carbonyl (C=O) groups is 3. The van der Waals surface area contributed by atoms with Gasteiger partial charge in [-0.25, -0.2) is 0 Å². The van der Waals surface area contributed by atoms with Crippen LogP contribution in [0.5, 0.6) is 0 Å². The van der Waals surface area contributed by atoms with Crippen LogP contribution in [0.2, 0.25) is 0 Å². The number of amides is 3. The minimum absolute atomic E-state index is 0.233. The maximum Gasteiger partial charge on any atom is 0.314 e. The van der Waals surface area contributed by atoms with Gasteiger partial charge < -0.3 is 20.2 Å². The first-order valence-electron chi connectivity index (χ1n) is 10.8. The number of rotatable bonds is 3. The minimum atomic E-state index is -0.803. The summed E-state index contributed by atoms with van der Waals surface area (Å²) in [6, 6.07) is 18.5. The number of anilines is 2. The number of aromatic amines is 2. The number of H-pyrrole nitrogens is 2. The third-order valence-corrected chi connectivity index (χ3v) is 6.20. The van der Waals surface area contributed by atoms with Crippen LogP contribution in [0.25, 0.3) is 11.0 Å². The Labute approximate surface area is 196 Å². The third-order valence-electron chi connectivity index (χ3n) is 6.20. The molecule has 35 heavy (non-hydrogen) atoms. The van der Waals surface area contributed by atoms with Gasteiger partial charge in [0.25, 0.3) is 11.8 Å². The molecule has 2 aliphatic rings. The fourth-order valence-corrected chi connectivity index (χ4v) is 4.68. The van der Waals surface area contributed by atoms with E-state index in [1.165, 1.54) is 11.0 Å². The fourth-order valence-electron chi connectivity index (χ4n) is 4.68. The highest BCUT2D eigenvalue weighted by Crippen LogP contribution is 2.44. The van der Waals surface area contributed by atoms with E-state index < -0.39 is 23.2 Å². The third kappa shape index (κ3) is 3.15. The van der Waals surface area contributed by atoms with Gasteiger partial charge in [-0.3, -0.25) is 28.9 Å². The summed E-state index contributed by atoms with van der Waals surface area (Å²) in [5.41, 5.74) is 1.54. The van der Waals surface area contributed by atoms with Crippen LogP contribution < -0.4 is 21.3 Å².